The lowest BCUT2D eigenvalue weighted by molar-refractivity contribution is 0.0950. The second-order valence-corrected chi connectivity index (χ2v) is 8.53. The van der Waals surface area contributed by atoms with E-state index in [0.717, 1.165) is 29.3 Å². The summed E-state index contributed by atoms with van der Waals surface area (Å²) in [5.41, 5.74) is 1.74. The van der Waals surface area contributed by atoms with E-state index in [2.05, 4.69) is 10.0 Å². The molecule has 0 bridgehead atoms. The Kier molecular flexibility index (Phi) is 7.32. The number of amides is 1. The molecule has 3 aromatic carbocycles. The summed E-state index contributed by atoms with van der Waals surface area (Å²) in [6, 6.07) is 22.2. The molecular weight excluding hydrogens is 403 g/mol. The van der Waals surface area contributed by atoms with E-state index < -0.39 is 21.7 Å². The fourth-order valence-corrected chi connectivity index (χ4v) is 4.02. The molecule has 0 atom stereocenters. The molecule has 0 saturated heterocycles. The molecular formula is C23H23FN2O3S. The van der Waals surface area contributed by atoms with Gasteiger partial charge in [0.05, 0.1) is 10.5 Å². The van der Waals surface area contributed by atoms with Crippen molar-refractivity contribution in [2.75, 3.05) is 13.1 Å². The van der Waals surface area contributed by atoms with Crippen LogP contribution < -0.4 is 10.0 Å². The lowest BCUT2D eigenvalue weighted by atomic mass is 10.1. The standard InChI is InChI=1S/C23H23FN2O3S/c24-22-12-11-20(30(28,29)26-16-14-19-9-5-2-6-10-19)17-21(22)23(27)25-15-13-18-7-3-1-4-8-18/h1-12,17,26H,13-16H2,(H,25,27). The zero-order valence-corrected chi connectivity index (χ0v) is 17.2. The zero-order chi connectivity index (χ0) is 21.4. The van der Waals surface area contributed by atoms with Crippen molar-refractivity contribution in [2.45, 2.75) is 17.7 Å². The SMILES string of the molecule is O=C(NCCc1ccccc1)c1cc(S(=O)(=O)NCCc2ccccc2)ccc1F. The van der Waals surface area contributed by atoms with Gasteiger partial charge in [-0.1, -0.05) is 60.7 Å². The maximum Gasteiger partial charge on any atom is 0.254 e. The number of carbonyl (C=O) groups is 1. The highest BCUT2D eigenvalue weighted by Gasteiger charge is 2.19. The highest BCUT2D eigenvalue weighted by atomic mass is 32.2. The normalized spacial score (nSPS) is 11.2. The molecule has 0 aliphatic rings. The van der Waals surface area contributed by atoms with Gasteiger partial charge in [0, 0.05) is 13.1 Å². The molecule has 0 saturated carbocycles. The van der Waals surface area contributed by atoms with E-state index in [1.807, 2.05) is 60.7 Å². The van der Waals surface area contributed by atoms with Crippen LogP contribution in [0.1, 0.15) is 21.5 Å². The van der Waals surface area contributed by atoms with Gasteiger partial charge in [0.2, 0.25) is 10.0 Å². The Morgan fingerprint density at radius 2 is 1.37 bits per heavy atom. The van der Waals surface area contributed by atoms with Crippen molar-refractivity contribution in [3.63, 3.8) is 0 Å². The Bertz CT molecular complexity index is 1090. The molecule has 3 aromatic rings. The van der Waals surface area contributed by atoms with E-state index in [0.29, 0.717) is 19.4 Å². The topological polar surface area (TPSA) is 75.3 Å². The molecule has 0 aliphatic heterocycles. The molecule has 0 aromatic heterocycles. The minimum Gasteiger partial charge on any atom is -0.352 e. The molecule has 0 spiro atoms. The number of hydrogen-bond acceptors (Lipinski definition) is 3. The van der Waals surface area contributed by atoms with Crippen LogP contribution in [0.2, 0.25) is 0 Å². The third-order valence-electron chi connectivity index (χ3n) is 4.58. The van der Waals surface area contributed by atoms with Gasteiger partial charge in [-0.2, -0.15) is 0 Å². The molecule has 7 heteroatoms. The van der Waals surface area contributed by atoms with Crippen molar-refractivity contribution in [1.82, 2.24) is 10.0 Å². The number of nitrogens with one attached hydrogen (secondary N) is 2. The number of carbonyl (C=O) groups excluding carboxylic acids is 1. The van der Waals surface area contributed by atoms with Gasteiger partial charge in [-0.05, 0) is 42.2 Å². The molecule has 3 rings (SSSR count). The molecule has 30 heavy (non-hydrogen) atoms. The smallest absolute Gasteiger partial charge is 0.254 e. The molecule has 0 aliphatic carbocycles. The summed E-state index contributed by atoms with van der Waals surface area (Å²) in [6.07, 6.45) is 1.11. The molecule has 2 N–H and O–H groups in total. The van der Waals surface area contributed by atoms with Crippen LogP contribution in [0.3, 0.4) is 0 Å². The van der Waals surface area contributed by atoms with Crippen LogP contribution in [-0.2, 0) is 22.9 Å². The van der Waals surface area contributed by atoms with Gasteiger partial charge < -0.3 is 5.32 Å². The van der Waals surface area contributed by atoms with Gasteiger partial charge in [0.15, 0.2) is 0 Å². The van der Waals surface area contributed by atoms with Gasteiger partial charge in [-0.25, -0.2) is 17.5 Å². The quantitative estimate of drug-likeness (QED) is 0.551. The predicted octanol–water partition coefficient (Wildman–Crippen LogP) is 3.32. The molecule has 156 valence electrons. The van der Waals surface area contributed by atoms with Gasteiger partial charge in [-0.15, -0.1) is 0 Å². The zero-order valence-electron chi connectivity index (χ0n) is 16.3. The number of rotatable bonds is 9. The first-order chi connectivity index (χ1) is 14.5. The van der Waals surface area contributed by atoms with Crippen LogP contribution in [0.25, 0.3) is 0 Å². The van der Waals surface area contributed by atoms with Crippen molar-refractivity contribution in [1.29, 1.82) is 0 Å². The van der Waals surface area contributed by atoms with Crippen molar-refractivity contribution in [3.05, 3.63) is 101 Å². The summed E-state index contributed by atoms with van der Waals surface area (Å²) in [6.45, 7) is 0.511. The predicted molar refractivity (Wildman–Crippen MR) is 114 cm³/mol. The van der Waals surface area contributed by atoms with Crippen LogP contribution in [0, 0.1) is 5.82 Å². The third-order valence-corrected chi connectivity index (χ3v) is 6.04. The molecule has 0 heterocycles. The molecule has 0 radical (unpaired) electrons. The molecule has 5 nitrogen and oxygen atoms in total. The van der Waals surface area contributed by atoms with Gasteiger partial charge in [-0.3, -0.25) is 4.79 Å². The van der Waals surface area contributed by atoms with Crippen LogP contribution in [0.5, 0.6) is 0 Å². The monoisotopic (exact) mass is 426 g/mol. The summed E-state index contributed by atoms with van der Waals surface area (Å²) in [5, 5.41) is 2.64. The van der Waals surface area contributed by atoms with Crippen molar-refractivity contribution >= 4 is 15.9 Å². The van der Waals surface area contributed by atoms with Crippen molar-refractivity contribution in [3.8, 4) is 0 Å². The summed E-state index contributed by atoms with van der Waals surface area (Å²) in [5.74, 6) is -1.42. The number of benzene rings is 3. The third kappa shape index (κ3) is 5.98. The summed E-state index contributed by atoms with van der Waals surface area (Å²) >= 11 is 0. The van der Waals surface area contributed by atoms with Gasteiger partial charge >= 0.3 is 0 Å². The molecule has 0 fully saturated rings. The Morgan fingerprint density at radius 3 is 1.97 bits per heavy atom. The molecule has 1 amide bonds. The Hall–Kier alpha value is -3.03. The van der Waals surface area contributed by atoms with E-state index in [1.54, 1.807) is 0 Å². The Balaban J connectivity index is 1.62. The van der Waals surface area contributed by atoms with Crippen LogP contribution >= 0.6 is 0 Å². The first-order valence-electron chi connectivity index (χ1n) is 9.61. The number of hydrogen-bond donors (Lipinski definition) is 2. The highest BCUT2D eigenvalue weighted by molar-refractivity contribution is 7.89. The van der Waals surface area contributed by atoms with Crippen LogP contribution in [0.4, 0.5) is 4.39 Å². The number of sulfonamides is 1. The molecule has 0 unspecified atom stereocenters. The second kappa shape index (κ2) is 10.1. The van der Waals surface area contributed by atoms with Crippen LogP contribution in [-0.4, -0.2) is 27.4 Å². The average Bonchev–Trinajstić information content (AvgIpc) is 2.75. The maximum atomic E-state index is 14.2. The first kappa shape index (κ1) is 21.7. The largest absolute Gasteiger partial charge is 0.352 e. The van der Waals surface area contributed by atoms with Crippen molar-refractivity contribution < 1.29 is 17.6 Å². The fraction of sp³-hybridized carbons (Fsp3) is 0.174. The Morgan fingerprint density at radius 1 is 0.800 bits per heavy atom. The van der Waals surface area contributed by atoms with Crippen molar-refractivity contribution in [2.24, 2.45) is 0 Å². The second-order valence-electron chi connectivity index (χ2n) is 6.77. The van der Waals surface area contributed by atoms with Crippen LogP contribution in [0.15, 0.2) is 83.8 Å². The minimum atomic E-state index is -3.86. The average molecular weight is 427 g/mol. The summed E-state index contributed by atoms with van der Waals surface area (Å²) in [7, 11) is -3.86. The lowest BCUT2D eigenvalue weighted by Gasteiger charge is -2.10. The van der Waals surface area contributed by atoms with E-state index in [-0.39, 0.29) is 17.0 Å². The lowest BCUT2D eigenvalue weighted by Crippen LogP contribution is -2.28. The first-order valence-corrected chi connectivity index (χ1v) is 11.1. The van der Waals surface area contributed by atoms with E-state index in [9.17, 15) is 17.6 Å². The van der Waals surface area contributed by atoms with Gasteiger partial charge in [0.1, 0.15) is 5.82 Å². The van der Waals surface area contributed by atoms with Gasteiger partial charge in [0.25, 0.3) is 5.91 Å². The van der Waals surface area contributed by atoms with E-state index in [1.165, 1.54) is 0 Å². The summed E-state index contributed by atoms with van der Waals surface area (Å²) < 4.78 is 41.7. The maximum absolute atomic E-state index is 14.2. The number of halogens is 1. The van der Waals surface area contributed by atoms with E-state index >= 15 is 0 Å². The van der Waals surface area contributed by atoms with E-state index in [4.69, 9.17) is 0 Å². The highest BCUT2D eigenvalue weighted by Crippen LogP contribution is 2.15. The summed E-state index contributed by atoms with van der Waals surface area (Å²) in [4.78, 5) is 12.2. The minimum absolute atomic E-state index is 0.148. The Labute approximate surface area is 176 Å². The fourth-order valence-electron chi connectivity index (χ4n) is 2.96.